The highest BCUT2D eigenvalue weighted by molar-refractivity contribution is 6.31. The first kappa shape index (κ1) is 13.6. The molecule has 7 heteroatoms. The number of rotatable bonds is 4. The Morgan fingerprint density at radius 1 is 1.58 bits per heavy atom. The Kier molecular flexibility index (Phi) is 3.90. The molecule has 4 N–H and O–H groups in total. The maximum absolute atomic E-state index is 13.5. The van der Waals surface area contributed by atoms with Gasteiger partial charge < -0.3 is 16.3 Å². The Labute approximate surface area is 114 Å². The molecule has 1 aliphatic rings. The number of benzene rings is 1. The van der Waals surface area contributed by atoms with Crippen LogP contribution in [0.3, 0.4) is 0 Å². The summed E-state index contributed by atoms with van der Waals surface area (Å²) < 4.78 is 13.5. The minimum atomic E-state index is -0.670. The van der Waals surface area contributed by atoms with Crippen molar-refractivity contribution in [2.24, 2.45) is 16.8 Å². The van der Waals surface area contributed by atoms with Gasteiger partial charge in [-0.1, -0.05) is 16.8 Å². The molecule has 1 aromatic rings. The van der Waals surface area contributed by atoms with Gasteiger partial charge in [-0.2, -0.15) is 0 Å². The highest BCUT2D eigenvalue weighted by Gasteiger charge is 2.35. The number of hydrogen-bond donors (Lipinski definition) is 3. The molecule has 19 heavy (non-hydrogen) atoms. The van der Waals surface area contributed by atoms with E-state index < -0.39 is 17.8 Å². The summed E-state index contributed by atoms with van der Waals surface area (Å²) in [6.45, 7) is 0. The number of hydrogen-bond acceptors (Lipinski definition) is 3. The minimum absolute atomic E-state index is 0.0849. The number of nitrogens with one attached hydrogen (secondary N) is 1. The topological polar surface area (TPSA) is 87.7 Å². The molecule has 0 bridgehead atoms. The average molecular weight is 286 g/mol. The summed E-state index contributed by atoms with van der Waals surface area (Å²) in [6.07, 6.45) is 1.75. The number of carbonyl (C=O) groups is 1. The lowest BCUT2D eigenvalue weighted by Crippen LogP contribution is -2.46. The Balaban J connectivity index is 2.17. The van der Waals surface area contributed by atoms with Gasteiger partial charge in [0.25, 0.3) is 5.91 Å². The molecule has 1 unspecified atom stereocenters. The fourth-order valence-electron chi connectivity index (χ4n) is 1.82. The Morgan fingerprint density at radius 2 is 2.26 bits per heavy atom. The van der Waals surface area contributed by atoms with E-state index in [4.69, 9.17) is 22.5 Å². The molecule has 1 amide bonds. The van der Waals surface area contributed by atoms with Gasteiger partial charge in [-0.15, -0.1) is 0 Å². The first-order valence-electron chi connectivity index (χ1n) is 5.76. The molecule has 0 aliphatic heterocycles. The number of oxime groups is 1. The van der Waals surface area contributed by atoms with Crippen LogP contribution in [0.4, 0.5) is 4.39 Å². The van der Waals surface area contributed by atoms with Crippen LogP contribution < -0.4 is 11.1 Å². The molecule has 0 spiro atoms. The molecule has 1 saturated carbocycles. The monoisotopic (exact) mass is 285 g/mol. The summed E-state index contributed by atoms with van der Waals surface area (Å²) >= 11 is 5.73. The zero-order chi connectivity index (χ0) is 14.0. The lowest BCUT2D eigenvalue weighted by molar-refractivity contribution is 0.0939. The van der Waals surface area contributed by atoms with Gasteiger partial charge in [-0.25, -0.2) is 4.39 Å². The quantitative estimate of drug-likeness (QED) is 0.341. The van der Waals surface area contributed by atoms with Crippen molar-refractivity contribution in [2.75, 3.05) is 0 Å². The summed E-state index contributed by atoms with van der Waals surface area (Å²) in [6, 6.07) is 3.13. The van der Waals surface area contributed by atoms with Crippen molar-refractivity contribution in [2.45, 2.75) is 18.9 Å². The number of amides is 1. The summed E-state index contributed by atoms with van der Waals surface area (Å²) in [5.41, 5.74) is 5.35. The van der Waals surface area contributed by atoms with Crippen molar-refractivity contribution < 1.29 is 14.4 Å². The van der Waals surface area contributed by atoms with Gasteiger partial charge in [0.15, 0.2) is 5.84 Å². The van der Waals surface area contributed by atoms with E-state index in [2.05, 4.69) is 10.5 Å². The fourth-order valence-corrected chi connectivity index (χ4v) is 1.99. The fraction of sp³-hybridized carbons (Fsp3) is 0.333. The molecule has 1 atom stereocenters. The predicted molar refractivity (Wildman–Crippen MR) is 68.8 cm³/mol. The molecule has 1 aliphatic carbocycles. The van der Waals surface area contributed by atoms with E-state index in [0.717, 1.165) is 18.9 Å². The molecular formula is C12H13ClFN3O2. The SMILES string of the molecule is NC(=NO)C(NC(=O)c1cc(Cl)ccc1F)C1CC1. The smallest absolute Gasteiger partial charge is 0.254 e. The first-order valence-corrected chi connectivity index (χ1v) is 6.14. The van der Waals surface area contributed by atoms with Crippen molar-refractivity contribution in [1.29, 1.82) is 0 Å². The van der Waals surface area contributed by atoms with Crippen LogP contribution >= 0.6 is 11.6 Å². The maximum Gasteiger partial charge on any atom is 0.254 e. The molecule has 2 rings (SSSR count). The Bertz CT molecular complexity index is 532. The number of nitrogens with two attached hydrogens (primary N) is 1. The molecule has 0 heterocycles. The van der Waals surface area contributed by atoms with E-state index in [1.807, 2.05) is 0 Å². The number of halogens is 2. The zero-order valence-corrected chi connectivity index (χ0v) is 10.7. The molecule has 0 aromatic heterocycles. The lowest BCUT2D eigenvalue weighted by Gasteiger charge is -2.16. The largest absolute Gasteiger partial charge is 0.409 e. The Hall–Kier alpha value is -1.82. The van der Waals surface area contributed by atoms with Crippen LogP contribution in [0.5, 0.6) is 0 Å². The van der Waals surface area contributed by atoms with E-state index in [9.17, 15) is 9.18 Å². The standard InChI is InChI=1S/C12H13ClFN3O2/c13-7-3-4-9(14)8(5-7)12(18)16-10(6-1-2-6)11(15)17-19/h3-6,10,19H,1-2H2,(H2,15,17)(H,16,18). The number of nitrogens with zero attached hydrogens (tertiary/aromatic N) is 1. The van der Waals surface area contributed by atoms with Crippen LogP contribution in [0.1, 0.15) is 23.2 Å². The Morgan fingerprint density at radius 3 is 2.84 bits per heavy atom. The van der Waals surface area contributed by atoms with Crippen molar-refractivity contribution in [3.8, 4) is 0 Å². The van der Waals surface area contributed by atoms with E-state index in [1.165, 1.54) is 12.1 Å². The predicted octanol–water partition coefficient (Wildman–Crippen LogP) is 1.73. The van der Waals surface area contributed by atoms with Crippen LogP contribution in [-0.4, -0.2) is 23.0 Å². The van der Waals surface area contributed by atoms with Gasteiger partial charge >= 0.3 is 0 Å². The minimum Gasteiger partial charge on any atom is -0.409 e. The molecule has 0 saturated heterocycles. The van der Waals surface area contributed by atoms with E-state index in [-0.39, 0.29) is 22.3 Å². The third-order valence-electron chi connectivity index (χ3n) is 2.99. The van der Waals surface area contributed by atoms with E-state index >= 15 is 0 Å². The highest BCUT2D eigenvalue weighted by Crippen LogP contribution is 2.33. The van der Waals surface area contributed by atoms with Crippen LogP contribution in [-0.2, 0) is 0 Å². The lowest BCUT2D eigenvalue weighted by atomic mass is 10.1. The molecule has 102 valence electrons. The van der Waals surface area contributed by atoms with Crippen molar-refractivity contribution in [1.82, 2.24) is 5.32 Å². The third kappa shape index (κ3) is 3.14. The second-order valence-electron chi connectivity index (χ2n) is 4.44. The molecule has 1 aromatic carbocycles. The number of amidine groups is 1. The maximum atomic E-state index is 13.5. The van der Waals surface area contributed by atoms with Gasteiger partial charge in [-0.05, 0) is 37.0 Å². The highest BCUT2D eigenvalue weighted by atomic mass is 35.5. The van der Waals surface area contributed by atoms with Crippen LogP contribution in [0.15, 0.2) is 23.4 Å². The summed E-state index contributed by atoms with van der Waals surface area (Å²) in [4.78, 5) is 12.0. The summed E-state index contributed by atoms with van der Waals surface area (Å²) in [5.74, 6) is -1.26. The van der Waals surface area contributed by atoms with Gasteiger partial charge in [0.05, 0.1) is 11.6 Å². The van der Waals surface area contributed by atoms with E-state index in [0.29, 0.717) is 0 Å². The van der Waals surface area contributed by atoms with E-state index in [1.54, 1.807) is 0 Å². The van der Waals surface area contributed by atoms with Crippen molar-refractivity contribution in [3.63, 3.8) is 0 Å². The molecular weight excluding hydrogens is 273 g/mol. The zero-order valence-electron chi connectivity index (χ0n) is 9.94. The third-order valence-corrected chi connectivity index (χ3v) is 3.22. The van der Waals surface area contributed by atoms with Crippen LogP contribution in [0.2, 0.25) is 5.02 Å². The molecule has 0 radical (unpaired) electrons. The molecule has 1 fully saturated rings. The van der Waals surface area contributed by atoms with Gasteiger partial charge in [0.2, 0.25) is 0 Å². The van der Waals surface area contributed by atoms with Crippen LogP contribution in [0, 0.1) is 11.7 Å². The van der Waals surface area contributed by atoms with Gasteiger partial charge in [0.1, 0.15) is 5.82 Å². The van der Waals surface area contributed by atoms with Gasteiger partial charge in [0, 0.05) is 5.02 Å². The summed E-state index contributed by atoms with van der Waals surface area (Å²) in [5, 5.41) is 14.4. The second-order valence-corrected chi connectivity index (χ2v) is 4.87. The van der Waals surface area contributed by atoms with Gasteiger partial charge in [-0.3, -0.25) is 4.79 Å². The molecule has 5 nitrogen and oxygen atoms in total. The summed E-state index contributed by atoms with van der Waals surface area (Å²) in [7, 11) is 0. The second kappa shape index (κ2) is 5.44. The van der Waals surface area contributed by atoms with Crippen LogP contribution in [0.25, 0.3) is 0 Å². The first-order chi connectivity index (χ1) is 9.02. The number of carbonyl (C=O) groups excluding carboxylic acids is 1. The van der Waals surface area contributed by atoms with Crippen molar-refractivity contribution >= 4 is 23.3 Å². The van der Waals surface area contributed by atoms with Crippen molar-refractivity contribution in [3.05, 3.63) is 34.6 Å². The average Bonchev–Trinajstić information content (AvgIpc) is 3.22. The normalized spacial score (nSPS) is 17.1.